The van der Waals surface area contributed by atoms with Crippen molar-refractivity contribution in [3.63, 3.8) is 0 Å². The molecule has 0 saturated heterocycles. The maximum absolute atomic E-state index is 13.3. The van der Waals surface area contributed by atoms with E-state index in [0.29, 0.717) is 12.3 Å². The zero-order chi connectivity index (χ0) is 33.4. The Morgan fingerprint density at radius 3 is 1.86 bits per heavy atom. The van der Waals surface area contributed by atoms with Crippen LogP contribution in [0.15, 0.2) is 109 Å². The Kier molecular flexibility index (Phi) is 30.8. The SMILES string of the molecule is C=C.C=C.C=C=C(C1=C(C)C(C)C(CC(=O)c2cc(C)c(CC)cc2C)=C1)C(C)Cc1ccccc1.CC.CC.CC.[W]. The minimum atomic E-state index is 0. The van der Waals surface area contributed by atoms with Gasteiger partial charge in [-0.2, -0.15) is 0 Å². The van der Waals surface area contributed by atoms with Crippen LogP contribution in [0.2, 0.25) is 0 Å². The first-order valence-corrected chi connectivity index (χ1v) is 15.8. The number of ketones is 1. The number of Topliss-reactive ketones (excluding diaryl/α,β-unsaturated/α-hetero) is 1. The van der Waals surface area contributed by atoms with Crippen LogP contribution < -0.4 is 0 Å². The van der Waals surface area contributed by atoms with Gasteiger partial charge < -0.3 is 0 Å². The van der Waals surface area contributed by atoms with Gasteiger partial charge in [0.25, 0.3) is 0 Å². The summed E-state index contributed by atoms with van der Waals surface area (Å²) in [5.74, 6) is 0.782. The molecular formula is C41H62OW. The van der Waals surface area contributed by atoms with E-state index in [-0.39, 0.29) is 32.8 Å². The van der Waals surface area contributed by atoms with Gasteiger partial charge in [0, 0.05) is 38.6 Å². The predicted molar refractivity (Wildman–Crippen MR) is 193 cm³/mol. The Labute approximate surface area is 282 Å². The van der Waals surface area contributed by atoms with Crippen LogP contribution >= 0.6 is 0 Å². The third-order valence-electron chi connectivity index (χ3n) is 7.05. The van der Waals surface area contributed by atoms with E-state index in [4.69, 9.17) is 0 Å². The van der Waals surface area contributed by atoms with Gasteiger partial charge in [-0.05, 0) is 79.3 Å². The summed E-state index contributed by atoms with van der Waals surface area (Å²) in [6.45, 7) is 41.0. The van der Waals surface area contributed by atoms with Gasteiger partial charge in [-0.1, -0.05) is 123 Å². The van der Waals surface area contributed by atoms with Crippen LogP contribution in [-0.2, 0) is 33.9 Å². The van der Waals surface area contributed by atoms with Crippen molar-refractivity contribution in [2.75, 3.05) is 0 Å². The molecule has 2 heteroatoms. The molecule has 43 heavy (non-hydrogen) atoms. The standard InChI is InChI=1S/C31H36O.3C2H6.2C2H4.W/c1-8-26-16-22(5)29(17-20(26)3)31(32)19-27-18-30(24(7)23(27)6)28(9-2)21(4)15-25-13-11-10-12-14-25;5*1-2;/h10-14,16-18,21,23H,2,8,15,19H2,1,3-7H3;3*1-2H3;2*1-2H2;. The van der Waals surface area contributed by atoms with Crippen molar-refractivity contribution in [1.82, 2.24) is 0 Å². The monoisotopic (exact) mass is 754 g/mol. The van der Waals surface area contributed by atoms with Crippen molar-refractivity contribution in [2.45, 2.75) is 102 Å². The molecule has 1 aliphatic carbocycles. The summed E-state index contributed by atoms with van der Waals surface area (Å²) in [5.41, 5.74) is 13.9. The summed E-state index contributed by atoms with van der Waals surface area (Å²) < 4.78 is 0. The largest absolute Gasteiger partial charge is 0.294 e. The van der Waals surface area contributed by atoms with Crippen LogP contribution in [0, 0.1) is 25.7 Å². The van der Waals surface area contributed by atoms with E-state index in [2.05, 4.69) is 129 Å². The van der Waals surface area contributed by atoms with Gasteiger partial charge in [0.2, 0.25) is 0 Å². The first kappa shape index (κ1) is 47.2. The third-order valence-corrected chi connectivity index (χ3v) is 7.05. The zero-order valence-corrected chi connectivity index (χ0v) is 32.7. The van der Waals surface area contributed by atoms with Crippen LogP contribution in [0.4, 0.5) is 0 Å². The molecule has 2 atom stereocenters. The van der Waals surface area contributed by atoms with Gasteiger partial charge in [-0.15, -0.1) is 32.0 Å². The summed E-state index contributed by atoms with van der Waals surface area (Å²) in [7, 11) is 0. The van der Waals surface area contributed by atoms with E-state index in [1.165, 1.54) is 33.4 Å². The number of hydrogen-bond donors (Lipinski definition) is 0. The molecule has 0 N–H and O–H groups in total. The van der Waals surface area contributed by atoms with E-state index in [0.717, 1.165) is 29.5 Å². The molecule has 2 aromatic carbocycles. The van der Waals surface area contributed by atoms with E-state index in [1.54, 1.807) is 0 Å². The Morgan fingerprint density at radius 2 is 1.40 bits per heavy atom. The van der Waals surface area contributed by atoms with Gasteiger partial charge in [0.1, 0.15) is 0 Å². The Hall–Kier alpha value is -2.72. The number of carbonyl (C=O) groups excluding carboxylic acids is 1. The van der Waals surface area contributed by atoms with Crippen molar-refractivity contribution in [3.8, 4) is 0 Å². The van der Waals surface area contributed by atoms with Crippen LogP contribution in [0.25, 0.3) is 0 Å². The summed E-state index contributed by atoms with van der Waals surface area (Å²) in [6, 6.07) is 14.8. The fourth-order valence-electron chi connectivity index (χ4n) is 4.87. The normalized spacial score (nSPS) is 12.9. The van der Waals surface area contributed by atoms with Crippen molar-refractivity contribution < 1.29 is 25.9 Å². The Bertz CT molecular complexity index is 1160. The summed E-state index contributed by atoms with van der Waals surface area (Å²) in [6.07, 6.45) is 4.64. The number of hydrogen-bond acceptors (Lipinski definition) is 1. The number of carbonyl (C=O) groups is 1. The quantitative estimate of drug-likeness (QED) is 0.149. The molecule has 2 unspecified atom stereocenters. The molecule has 0 fully saturated rings. The number of allylic oxidation sites excluding steroid dienone is 5. The maximum atomic E-state index is 13.3. The molecule has 0 heterocycles. The second kappa shape index (κ2) is 28.1. The Balaban J connectivity index is -0.000000627. The van der Waals surface area contributed by atoms with E-state index >= 15 is 0 Å². The molecule has 0 bridgehead atoms. The summed E-state index contributed by atoms with van der Waals surface area (Å²) >= 11 is 0. The van der Waals surface area contributed by atoms with Gasteiger partial charge in [-0.25, -0.2) is 0 Å². The molecule has 238 valence electrons. The maximum Gasteiger partial charge on any atom is 0.167 e. The van der Waals surface area contributed by atoms with Crippen molar-refractivity contribution in [3.05, 3.63) is 137 Å². The Morgan fingerprint density at radius 1 is 0.884 bits per heavy atom. The minimum absolute atomic E-state index is 0. The first-order valence-electron chi connectivity index (χ1n) is 15.8. The predicted octanol–water partition coefficient (Wildman–Crippen LogP) is 12.6. The number of rotatable bonds is 8. The molecular weight excluding hydrogens is 692 g/mol. The molecule has 2 aromatic rings. The zero-order valence-electron chi connectivity index (χ0n) is 29.7. The summed E-state index contributed by atoms with van der Waals surface area (Å²) in [5, 5.41) is 0. The van der Waals surface area contributed by atoms with Crippen LogP contribution in [-0.4, -0.2) is 5.78 Å². The van der Waals surface area contributed by atoms with Gasteiger partial charge >= 0.3 is 0 Å². The van der Waals surface area contributed by atoms with Crippen LogP contribution in [0.3, 0.4) is 0 Å². The minimum Gasteiger partial charge on any atom is -0.294 e. The molecule has 0 radical (unpaired) electrons. The molecule has 1 aliphatic rings. The molecule has 1 nitrogen and oxygen atoms in total. The second-order valence-electron chi connectivity index (χ2n) is 9.27. The molecule has 0 aliphatic heterocycles. The van der Waals surface area contributed by atoms with E-state index in [9.17, 15) is 4.79 Å². The smallest absolute Gasteiger partial charge is 0.167 e. The van der Waals surface area contributed by atoms with E-state index in [1.807, 2.05) is 41.5 Å². The first-order chi connectivity index (χ1) is 20.3. The molecule has 0 saturated carbocycles. The molecule has 0 amide bonds. The van der Waals surface area contributed by atoms with Crippen molar-refractivity contribution in [1.29, 1.82) is 0 Å². The summed E-state index contributed by atoms with van der Waals surface area (Å²) in [4.78, 5) is 13.3. The average Bonchev–Trinajstić information content (AvgIpc) is 3.32. The second-order valence-corrected chi connectivity index (χ2v) is 9.27. The average molecular weight is 755 g/mol. The molecule has 0 aromatic heterocycles. The molecule has 3 rings (SSSR count). The topological polar surface area (TPSA) is 17.1 Å². The fourth-order valence-corrected chi connectivity index (χ4v) is 4.87. The van der Waals surface area contributed by atoms with Crippen LogP contribution in [0.5, 0.6) is 0 Å². The fraction of sp³-hybridized carbons (Fsp3) is 0.415. The van der Waals surface area contributed by atoms with Crippen LogP contribution in [0.1, 0.15) is 108 Å². The van der Waals surface area contributed by atoms with Gasteiger partial charge in [0.15, 0.2) is 5.78 Å². The number of aryl methyl sites for hydroxylation is 3. The van der Waals surface area contributed by atoms with Gasteiger partial charge in [0.05, 0.1) is 0 Å². The van der Waals surface area contributed by atoms with Crippen molar-refractivity contribution in [2.24, 2.45) is 11.8 Å². The van der Waals surface area contributed by atoms with E-state index < -0.39 is 0 Å². The number of benzene rings is 2. The third kappa shape index (κ3) is 14.5. The van der Waals surface area contributed by atoms with Crippen molar-refractivity contribution >= 4 is 5.78 Å². The van der Waals surface area contributed by atoms with Gasteiger partial charge in [-0.3, -0.25) is 4.79 Å². The molecule has 0 spiro atoms.